The Morgan fingerprint density at radius 3 is 2.42 bits per heavy atom. The van der Waals surface area contributed by atoms with Crippen molar-refractivity contribution >= 4 is 17.9 Å². The molecular weight excluding hydrogens is 332 g/mol. The van der Waals surface area contributed by atoms with Crippen molar-refractivity contribution in [2.45, 2.75) is 13.8 Å². The molecule has 0 bridgehead atoms. The highest BCUT2D eigenvalue weighted by Gasteiger charge is 2.07. The van der Waals surface area contributed by atoms with E-state index in [0.29, 0.717) is 11.5 Å². The van der Waals surface area contributed by atoms with E-state index in [1.807, 2.05) is 50.2 Å². The van der Waals surface area contributed by atoms with E-state index in [9.17, 15) is 9.59 Å². The maximum atomic E-state index is 11.8. The second-order valence-corrected chi connectivity index (χ2v) is 5.66. The van der Waals surface area contributed by atoms with Crippen LogP contribution in [0.4, 0.5) is 0 Å². The lowest BCUT2D eigenvalue weighted by molar-refractivity contribution is -0.128. The quantitative estimate of drug-likeness (QED) is 0.617. The highest BCUT2D eigenvalue weighted by Crippen LogP contribution is 2.21. The summed E-state index contributed by atoms with van der Waals surface area (Å²) in [5.41, 5.74) is 7.33. The van der Waals surface area contributed by atoms with Gasteiger partial charge in [-0.3, -0.25) is 20.4 Å². The first-order valence-electron chi connectivity index (χ1n) is 8.09. The molecular formula is C20H22N2O4. The van der Waals surface area contributed by atoms with Gasteiger partial charge in [-0.05, 0) is 48.7 Å². The fourth-order valence-corrected chi connectivity index (χ4v) is 2.29. The summed E-state index contributed by atoms with van der Waals surface area (Å²) in [7, 11) is 1.57. The number of amides is 2. The molecule has 2 aromatic rings. The number of methoxy groups -OCH3 is 1. The Hall–Kier alpha value is -3.28. The third-order valence-corrected chi connectivity index (χ3v) is 3.60. The van der Waals surface area contributed by atoms with Crippen molar-refractivity contribution in [1.82, 2.24) is 10.9 Å². The van der Waals surface area contributed by atoms with Crippen LogP contribution in [0.25, 0.3) is 6.08 Å². The Kier molecular flexibility index (Phi) is 6.79. The van der Waals surface area contributed by atoms with Crippen LogP contribution in [0.3, 0.4) is 0 Å². The maximum absolute atomic E-state index is 11.8. The van der Waals surface area contributed by atoms with Gasteiger partial charge in [0.15, 0.2) is 6.61 Å². The minimum absolute atomic E-state index is 0.189. The van der Waals surface area contributed by atoms with Crippen molar-refractivity contribution in [3.8, 4) is 11.5 Å². The van der Waals surface area contributed by atoms with E-state index in [1.54, 1.807) is 19.3 Å². The first kappa shape index (κ1) is 19.1. The number of ether oxygens (including phenoxy) is 2. The Bertz CT molecular complexity index is 795. The fourth-order valence-electron chi connectivity index (χ4n) is 2.29. The Morgan fingerprint density at radius 1 is 1.04 bits per heavy atom. The summed E-state index contributed by atoms with van der Waals surface area (Å²) in [6.45, 7) is 3.63. The van der Waals surface area contributed by atoms with Crippen molar-refractivity contribution in [2.75, 3.05) is 13.7 Å². The van der Waals surface area contributed by atoms with E-state index >= 15 is 0 Å². The SMILES string of the molecule is COc1cccc(/C=C/C(=O)NNC(=O)COc2c(C)cccc2C)c1. The lowest BCUT2D eigenvalue weighted by Crippen LogP contribution is -2.43. The molecule has 0 fully saturated rings. The second-order valence-electron chi connectivity index (χ2n) is 5.66. The van der Waals surface area contributed by atoms with Gasteiger partial charge in [-0.1, -0.05) is 30.3 Å². The molecule has 2 aromatic carbocycles. The van der Waals surface area contributed by atoms with Gasteiger partial charge in [0.2, 0.25) is 0 Å². The number of nitrogens with one attached hydrogen (secondary N) is 2. The van der Waals surface area contributed by atoms with Crippen LogP contribution in [0.2, 0.25) is 0 Å². The molecule has 6 heteroatoms. The van der Waals surface area contributed by atoms with Crippen LogP contribution < -0.4 is 20.3 Å². The first-order valence-corrected chi connectivity index (χ1v) is 8.09. The molecule has 0 saturated carbocycles. The molecule has 2 rings (SSSR count). The van der Waals surface area contributed by atoms with Crippen molar-refractivity contribution in [2.24, 2.45) is 0 Å². The molecule has 0 atom stereocenters. The molecule has 0 aromatic heterocycles. The van der Waals surface area contributed by atoms with Gasteiger partial charge in [-0.15, -0.1) is 0 Å². The van der Waals surface area contributed by atoms with Gasteiger partial charge >= 0.3 is 0 Å². The molecule has 0 unspecified atom stereocenters. The van der Waals surface area contributed by atoms with Gasteiger partial charge in [0.1, 0.15) is 11.5 Å². The molecule has 0 aliphatic heterocycles. The van der Waals surface area contributed by atoms with Crippen molar-refractivity contribution < 1.29 is 19.1 Å². The zero-order valence-corrected chi connectivity index (χ0v) is 15.0. The van der Waals surface area contributed by atoms with E-state index in [1.165, 1.54) is 6.08 Å². The minimum Gasteiger partial charge on any atom is -0.497 e. The topological polar surface area (TPSA) is 76.7 Å². The number of para-hydroxylation sites is 1. The van der Waals surface area contributed by atoms with Crippen LogP contribution in [-0.2, 0) is 9.59 Å². The zero-order valence-electron chi connectivity index (χ0n) is 15.0. The van der Waals surface area contributed by atoms with Gasteiger partial charge in [-0.25, -0.2) is 0 Å². The lowest BCUT2D eigenvalue weighted by Gasteiger charge is -2.11. The normalized spacial score (nSPS) is 10.4. The number of aryl methyl sites for hydroxylation is 2. The van der Waals surface area contributed by atoms with Crippen LogP contribution in [0.5, 0.6) is 11.5 Å². The summed E-state index contributed by atoms with van der Waals surface area (Å²) < 4.78 is 10.6. The molecule has 0 saturated heterocycles. The van der Waals surface area contributed by atoms with Gasteiger partial charge in [0.05, 0.1) is 7.11 Å². The molecule has 0 aliphatic rings. The van der Waals surface area contributed by atoms with Gasteiger partial charge in [0.25, 0.3) is 11.8 Å². The smallest absolute Gasteiger partial charge is 0.276 e. The van der Waals surface area contributed by atoms with Crippen LogP contribution in [-0.4, -0.2) is 25.5 Å². The van der Waals surface area contributed by atoms with Crippen LogP contribution in [0.1, 0.15) is 16.7 Å². The summed E-state index contributed by atoms with van der Waals surface area (Å²) in [4.78, 5) is 23.6. The molecule has 0 heterocycles. The Balaban J connectivity index is 1.79. The van der Waals surface area contributed by atoms with E-state index in [-0.39, 0.29) is 6.61 Å². The average Bonchev–Trinajstić information content (AvgIpc) is 2.64. The van der Waals surface area contributed by atoms with Crippen LogP contribution in [0.15, 0.2) is 48.5 Å². The lowest BCUT2D eigenvalue weighted by atomic mass is 10.1. The third-order valence-electron chi connectivity index (χ3n) is 3.60. The van der Waals surface area contributed by atoms with Gasteiger partial charge in [-0.2, -0.15) is 0 Å². The monoisotopic (exact) mass is 354 g/mol. The minimum atomic E-state index is -0.451. The molecule has 0 aliphatic carbocycles. The summed E-state index contributed by atoms with van der Waals surface area (Å²) >= 11 is 0. The molecule has 2 N–H and O–H groups in total. The van der Waals surface area contributed by atoms with E-state index in [4.69, 9.17) is 9.47 Å². The van der Waals surface area contributed by atoms with Crippen molar-refractivity contribution in [3.63, 3.8) is 0 Å². The number of carbonyl (C=O) groups excluding carboxylic acids is 2. The fraction of sp³-hybridized carbons (Fsp3) is 0.200. The van der Waals surface area contributed by atoms with Gasteiger partial charge < -0.3 is 9.47 Å². The molecule has 2 amide bonds. The standard InChI is InChI=1S/C20H22N2O4/c1-14-6-4-7-15(2)20(14)26-13-19(24)22-21-18(23)11-10-16-8-5-9-17(12-16)25-3/h4-12H,13H2,1-3H3,(H,21,23)(H,22,24)/b11-10+. The molecule has 6 nitrogen and oxygen atoms in total. The predicted octanol–water partition coefficient (Wildman–Crippen LogP) is 2.55. The number of rotatable bonds is 6. The van der Waals surface area contributed by atoms with Crippen LogP contribution >= 0.6 is 0 Å². The zero-order chi connectivity index (χ0) is 18.9. The first-order chi connectivity index (χ1) is 12.5. The molecule has 0 spiro atoms. The third kappa shape index (κ3) is 5.66. The summed E-state index contributed by atoms with van der Waals surface area (Å²) in [6, 6.07) is 13.0. The average molecular weight is 354 g/mol. The van der Waals surface area contributed by atoms with E-state index in [0.717, 1.165) is 16.7 Å². The van der Waals surface area contributed by atoms with Crippen molar-refractivity contribution in [3.05, 3.63) is 65.2 Å². The highest BCUT2D eigenvalue weighted by molar-refractivity contribution is 5.93. The summed E-state index contributed by atoms with van der Waals surface area (Å²) in [5.74, 6) is 0.473. The van der Waals surface area contributed by atoms with E-state index < -0.39 is 11.8 Å². The molecule has 26 heavy (non-hydrogen) atoms. The number of hydrogen-bond acceptors (Lipinski definition) is 4. The predicted molar refractivity (Wildman–Crippen MR) is 99.7 cm³/mol. The number of hydrazine groups is 1. The van der Waals surface area contributed by atoms with Crippen LogP contribution in [0, 0.1) is 13.8 Å². The number of hydrogen-bond donors (Lipinski definition) is 2. The van der Waals surface area contributed by atoms with Crippen molar-refractivity contribution in [1.29, 1.82) is 0 Å². The Labute approximate surface area is 152 Å². The molecule has 136 valence electrons. The maximum Gasteiger partial charge on any atom is 0.276 e. The largest absolute Gasteiger partial charge is 0.497 e. The number of benzene rings is 2. The summed E-state index contributed by atoms with van der Waals surface area (Å²) in [6.07, 6.45) is 2.94. The highest BCUT2D eigenvalue weighted by atomic mass is 16.5. The number of carbonyl (C=O) groups is 2. The Morgan fingerprint density at radius 2 is 1.73 bits per heavy atom. The molecule has 0 radical (unpaired) electrons. The van der Waals surface area contributed by atoms with Gasteiger partial charge in [0, 0.05) is 6.08 Å². The second kappa shape index (κ2) is 9.27. The van der Waals surface area contributed by atoms with E-state index in [2.05, 4.69) is 10.9 Å². The summed E-state index contributed by atoms with van der Waals surface area (Å²) in [5, 5.41) is 0.